The molecule has 4 rings (SSSR count). The third-order valence-electron chi connectivity index (χ3n) is 8.02. The molecule has 0 atom stereocenters. The molecule has 0 aromatic heterocycles. The van der Waals surface area contributed by atoms with Crippen LogP contribution in [0.5, 0.6) is 0 Å². The van der Waals surface area contributed by atoms with Crippen molar-refractivity contribution in [1.82, 2.24) is 10.6 Å². The van der Waals surface area contributed by atoms with Gasteiger partial charge in [0.05, 0.1) is 0 Å². The van der Waals surface area contributed by atoms with Gasteiger partial charge in [-0.15, -0.1) is 0 Å². The molecule has 2 fully saturated rings. The lowest BCUT2D eigenvalue weighted by molar-refractivity contribution is 0.103. The lowest BCUT2D eigenvalue weighted by atomic mass is 9.75. The Morgan fingerprint density at radius 1 is 0.676 bits per heavy atom. The number of nitrogens with one attached hydrogen (secondary N) is 4. The second kappa shape index (κ2) is 12.7. The first kappa shape index (κ1) is 26.7. The quantitative estimate of drug-likeness (QED) is 0.321. The van der Waals surface area contributed by atoms with Crippen molar-refractivity contribution in [1.29, 1.82) is 0 Å². The fourth-order valence-corrected chi connectivity index (χ4v) is 5.70. The van der Waals surface area contributed by atoms with Gasteiger partial charge in [0.2, 0.25) is 0 Å². The molecule has 0 spiro atoms. The number of benzene rings is 2. The molecule has 0 saturated heterocycles. The Bertz CT molecular complexity index is 1050. The number of ketones is 1. The van der Waals surface area contributed by atoms with Crippen molar-refractivity contribution in [2.75, 3.05) is 17.7 Å². The first-order valence-electron chi connectivity index (χ1n) is 13.7. The average molecular weight is 505 g/mol. The maximum absolute atomic E-state index is 12.8. The lowest BCUT2D eigenvalue weighted by Gasteiger charge is -2.33. The van der Waals surface area contributed by atoms with Crippen molar-refractivity contribution in [2.45, 2.75) is 70.8 Å². The van der Waals surface area contributed by atoms with Crippen LogP contribution in [0.3, 0.4) is 0 Å². The van der Waals surface area contributed by atoms with E-state index in [2.05, 4.69) is 28.2 Å². The maximum Gasteiger partial charge on any atom is 0.319 e. The molecular weight excluding hydrogens is 464 g/mol. The van der Waals surface area contributed by atoms with Gasteiger partial charge in [0.25, 0.3) is 0 Å². The molecule has 7 heteroatoms. The van der Waals surface area contributed by atoms with Crippen LogP contribution in [0.15, 0.2) is 48.5 Å². The molecule has 2 saturated carbocycles. The highest BCUT2D eigenvalue weighted by Gasteiger charge is 2.26. The van der Waals surface area contributed by atoms with Crippen molar-refractivity contribution in [3.63, 3.8) is 0 Å². The van der Waals surface area contributed by atoms with E-state index in [1.54, 1.807) is 55.6 Å². The Morgan fingerprint density at radius 2 is 1.14 bits per heavy atom. The lowest BCUT2D eigenvalue weighted by Crippen LogP contribution is -2.40. The molecule has 2 aliphatic rings. The Morgan fingerprint density at radius 3 is 1.62 bits per heavy atom. The smallest absolute Gasteiger partial charge is 0.319 e. The van der Waals surface area contributed by atoms with Crippen molar-refractivity contribution in [2.24, 2.45) is 17.8 Å². The first-order chi connectivity index (χ1) is 17.9. The summed E-state index contributed by atoms with van der Waals surface area (Å²) in [5.41, 5.74) is 2.31. The third kappa shape index (κ3) is 7.81. The number of anilines is 2. The van der Waals surface area contributed by atoms with E-state index in [9.17, 15) is 14.4 Å². The fraction of sp³-hybridized carbons (Fsp3) is 0.500. The SMILES string of the molecule is CNC(=O)Nc1ccc(C(=O)c2ccc(NC(=O)NC3CCC(CC4CCC(C)CC4)CC3)cc2)cc1. The molecule has 2 aromatic carbocycles. The summed E-state index contributed by atoms with van der Waals surface area (Å²) in [7, 11) is 1.54. The number of urea groups is 2. The van der Waals surface area contributed by atoms with Crippen LogP contribution < -0.4 is 21.3 Å². The van der Waals surface area contributed by atoms with Crippen molar-refractivity contribution in [3.05, 3.63) is 59.7 Å². The van der Waals surface area contributed by atoms with Crippen LogP contribution in [0.25, 0.3) is 0 Å². The maximum atomic E-state index is 12.8. The van der Waals surface area contributed by atoms with Crippen LogP contribution in [0.2, 0.25) is 0 Å². The Kier molecular flexibility index (Phi) is 9.20. The minimum Gasteiger partial charge on any atom is -0.341 e. The van der Waals surface area contributed by atoms with E-state index < -0.39 is 0 Å². The van der Waals surface area contributed by atoms with Gasteiger partial charge in [-0.1, -0.05) is 32.6 Å². The van der Waals surface area contributed by atoms with E-state index in [0.29, 0.717) is 22.5 Å². The van der Waals surface area contributed by atoms with Gasteiger partial charge in [0.1, 0.15) is 0 Å². The molecule has 7 nitrogen and oxygen atoms in total. The summed E-state index contributed by atoms with van der Waals surface area (Å²) in [4.78, 5) is 36.8. The molecule has 198 valence electrons. The second-order valence-corrected chi connectivity index (χ2v) is 10.9. The number of hydrogen-bond acceptors (Lipinski definition) is 3. The van der Waals surface area contributed by atoms with Crippen LogP contribution in [0.4, 0.5) is 21.0 Å². The fourth-order valence-electron chi connectivity index (χ4n) is 5.70. The van der Waals surface area contributed by atoms with Gasteiger partial charge in [0.15, 0.2) is 5.78 Å². The third-order valence-corrected chi connectivity index (χ3v) is 8.02. The largest absolute Gasteiger partial charge is 0.341 e. The van der Waals surface area contributed by atoms with Crippen LogP contribution in [0.1, 0.15) is 80.6 Å². The summed E-state index contributed by atoms with van der Waals surface area (Å²) in [6, 6.07) is 13.4. The zero-order chi connectivity index (χ0) is 26.2. The van der Waals surface area contributed by atoms with Gasteiger partial charge in [-0.25, -0.2) is 9.59 Å². The molecule has 4 N–H and O–H groups in total. The molecule has 0 bridgehead atoms. The Labute approximate surface area is 220 Å². The number of hydrogen-bond donors (Lipinski definition) is 4. The second-order valence-electron chi connectivity index (χ2n) is 10.9. The highest BCUT2D eigenvalue weighted by atomic mass is 16.2. The zero-order valence-electron chi connectivity index (χ0n) is 22.0. The molecule has 0 aliphatic heterocycles. The Balaban J connectivity index is 1.20. The average Bonchev–Trinajstić information content (AvgIpc) is 2.91. The molecule has 0 radical (unpaired) electrons. The van der Waals surface area contributed by atoms with Gasteiger partial charge >= 0.3 is 12.1 Å². The molecule has 2 aliphatic carbocycles. The van der Waals surface area contributed by atoms with Crippen LogP contribution in [-0.4, -0.2) is 30.9 Å². The van der Waals surface area contributed by atoms with Gasteiger partial charge in [0, 0.05) is 35.6 Å². The van der Waals surface area contributed by atoms with E-state index in [1.807, 2.05) is 0 Å². The molecule has 2 aromatic rings. The van der Waals surface area contributed by atoms with E-state index in [0.717, 1.165) is 30.6 Å². The number of carbonyl (C=O) groups is 3. The van der Waals surface area contributed by atoms with Crippen LogP contribution in [0, 0.1) is 17.8 Å². The summed E-state index contributed by atoms with van der Waals surface area (Å²) >= 11 is 0. The molecule has 0 unspecified atom stereocenters. The van der Waals surface area contributed by atoms with E-state index >= 15 is 0 Å². The van der Waals surface area contributed by atoms with Crippen molar-refractivity contribution < 1.29 is 14.4 Å². The number of amides is 4. The minimum absolute atomic E-state index is 0.123. The highest BCUT2D eigenvalue weighted by molar-refractivity contribution is 6.09. The molecule has 0 heterocycles. The van der Waals surface area contributed by atoms with Crippen LogP contribution in [-0.2, 0) is 0 Å². The predicted octanol–water partition coefficient (Wildman–Crippen LogP) is 6.57. The van der Waals surface area contributed by atoms with Gasteiger partial charge in [-0.05, 0) is 98.4 Å². The summed E-state index contributed by atoms with van der Waals surface area (Å²) in [6.07, 6.45) is 11.5. The predicted molar refractivity (Wildman–Crippen MR) is 148 cm³/mol. The van der Waals surface area contributed by atoms with E-state index in [1.165, 1.54) is 44.9 Å². The van der Waals surface area contributed by atoms with Crippen molar-refractivity contribution >= 4 is 29.2 Å². The first-order valence-corrected chi connectivity index (χ1v) is 13.7. The summed E-state index contributed by atoms with van der Waals surface area (Å²) in [5.74, 6) is 2.51. The highest BCUT2D eigenvalue weighted by Crippen LogP contribution is 2.36. The van der Waals surface area contributed by atoms with Gasteiger partial charge < -0.3 is 21.3 Å². The summed E-state index contributed by atoms with van der Waals surface area (Å²) < 4.78 is 0. The summed E-state index contributed by atoms with van der Waals surface area (Å²) in [6.45, 7) is 2.38. The zero-order valence-corrected chi connectivity index (χ0v) is 22.0. The Hall–Kier alpha value is -3.35. The number of carbonyl (C=O) groups excluding carboxylic acids is 3. The van der Waals surface area contributed by atoms with Crippen molar-refractivity contribution in [3.8, 4) is 0 Å². The molecule has 37 heavy (non-hydrogen) atoms. The van der Waals surface area contributed by atoms with E-state index in [-0.39, 0.29) is 23.9 Å². The summed E-state index contributed by atoms with van der Waals surface area (Å²) in [5, 5.41) is 11.2. The minimum atomic E-state index is -0.316. The monoisotopic (exact) mass is 504 g/mol. The topological polar surface area (TPSA) is 99.3 Å². The molecular formula is C30H40N4O3. The normalized spacial score (nSPS) is 23.5. The van der Waals surface area contributed by atoms with Gasteiger partial charge in [-0.3, -0.25) is 4.79 Å². The number of rotatable bonds is 7. The standard InChI is InChI=1S/C30H40N4O3/c1-20-3-5-21(6-4-20)19-22-7-13-25(14-8-22)33-30(37)34-27-17-11-24(12-18-27)28(35)23-9-15-26(16-10-23)32-29(36)31-2/h9-12,15-18,20-22,25H,3-8,13-14,19H2,1-2H3,(H2,31,32,36)(H2,33,34,37). The van der Waals surface area contributed by atoms with Crippen LogP contribution >= 0.6 is 0 Å². The molecule has 4 amide bonds. The van der Waals surface area contributed by atoms with Gasteiger partial charge in [-0.2, -0.15) is 0 Å². The van der Waals surface area contributed by atoms with E-state index in [4.69, 9.17) is 0 Å².